The van der Waals surface area contributed by atoms with Crippen molar-refractivity contribution >= 4 is 17.7 Å². The van der Waals surface area contributed by atoms with Crippen molar-refractivity contribution in [1.29, 1.82) is 0 Å². The van der Waals surface area contributed by atoms with Crippen LogP contribution in [0, 0.1) is 12.7 Å². The van der Waals surface area contributed by atoms with Crippen LogP contribution in [0.5, 0.6) is 5.75 Å². The highest BCUT2D eigenvalue weighted by Gasteiger charge is 2.43. The third-order valence-electron chi connectivity index (χ3n) is 6.99. The average Bonchev–Trinajstić information content (AvgIpc) is 3.34. The van der Waals surface area contributed by atoms with Crippen LogP contribution >= 0.6 is 0 Å². The number of benzene rings is 3. The molecule has 1 aliphatic rings. The Kier molecular flexibility index (Phi) is 9.11. The second kappa shape index (κ2) is 12.7. The zero-order valence-electron chi connectivity index (χ0n) is 21.9. The second-order valence-electron chi connectivity index (χ2n) is 9.85. The maximum absolute atomic E-state index is 14.5. The Bertz CT molecular complexity index is 1370. The molecule has 210 valence electrons. The van der Waals surface area contributed by atoms with Gasteiger partial charge in [0.1, 0.15) is 23.8 Å². The number of aliphatic hydroxyl groups excluding tert-OH is 1. The maximum atomic E-state index is 14.5. The average molecular weight is 552 g/mol. The van der Waals surface area contributed by atoms with Crippen molar-refractivity contribution in [2.24, 2.45) is 0 Å². The molecule has 4 N–H and O–H groups in total. The van der Waals surface area contributed by atoms with Crippen LogP contribution in [0.4, 0.5) is 8.78 Å². The van der Waals surface area contributed by atoms with Gasteiger partial charge in [0, 0.05) is 24.1 Å². The van der Waals surface area contributed by atoms with Crippen molar-refractivity contribution < 1.29 is 33.4 Å². The van der Waals surface area contributed by atoms with Gasteiger partial charge in [-0.15, -0.1) is 0 Å². The molecule has 1 aliphatic heterocycles. The smallest absolute Gasteiger partial charge is 0.254 e. The third-order valence-corrected chi connectivity index (χ3v) is 6.99. The molecule has 8 nitrogen and oxygen atoms in total. The number of likely N-dealkylation sites (tertiary alicyclic amines) is 1. The predicted molar refractivity (Wildman–Crippen MR) is 144 cm³/mol. The van der Waals surface area contributed by atoms with E-state index in [-0.39, 0.29) is 30.7 Å². The number of nitrogens with zero attached hydrogens (tertiary/aromatic N) is 1. The number of nitrogens with one attached hydrogen (secondary N) is 2. The van der Waals surface area contributed by atoms with Crippen molar-refractivity contribution in [3.63, 3.8) is 0 Å². The first kappa shape index (κ1) is 28.7. The number of aliphatic hydroxyl groups is 1. The zero-order chi connectivity index (χ0) is 28.8. The lowest BCUT2D eigenvalue weighted by Crippen LogP contribution is -2.55. The van der Waals surface area contributed by atoms with E-state index in [9.17, 15) is 33.4 Å². The van der Waals surface area contributed by atoms with Crippen molar-refractivity contribution in [1.82, 2.24) is 15.5 Å². The first-order valence-electron chi connectivity index (χ1n) is 12.9. The zero-order valence-corrected chi connectivity index (χ0v) is 21.9. The molecule has 0 radical (unpaired) electrons. The monoisotopic (exact) mass is 551 g/mol. The van der Waals surface area contributed by atoms with Crippen molar-refractivity contribution in [2.75, 3.05) is 6.54 Å². The molecular weight excluding hydrogens is 520 g/mol. The summed E-state index contributed by atoms with van der Waals surface area (Å²) in [6, 6.07) is 16.7. The van der Waals surface area contributed by atoms with Crippen LogP contribution in [0.1, 0.15) is 33.5 Å². The van der Waals surface area contributed by atoms with Crippen molar-refractivity contribution in [2.45, 2.75) is 50.7 Å². The summed E-state index contributed by atoms with van der Waals surface area (Å²) in [5, 5.41) is 26.5. The van der Waals surface area contributed by atoms with E-state index in [1.165, 1.54) is 36.4 Å². The summed E-state index contributed by atoms with van der Waals surface area (Å²) in [6.07, 6.45) is -3.48. The Morgan fingerprint density at radius 2 is 1.73 bits per heavy atom. The number of aromatic hydroxyl groups is 1. The van der Waals surface area contributed by atoms with Crippen LogP contribution in [0.3, 0.4) is 0 Å². The maximum Gasteiger partial charge on any atom is 0.254 e. The minimum Gasteiger partial charge on any atom is -0.508 e. The Hall–Kier alpha value is -4.31. The number of phenolic OH excluding ortho intramolecular Hbond substituents is 1. The number of halogens is 2. The minimum absolute atomic E-state index is 0.0232. The van der Waals surface area contributed by atoms with Crippen LogP contribution in [0.2, 0.25) is 0 Å². The summed E-state index contributed by atoms with van der Waals surface area (Å²) in [5.74, 6) is -2.70. The summed E-state index contributed by atoms with van der Waals surface area (Å²) in [5.41, 5.74) is 1.71. The summed E-state index contributed by atoms with van der Waals surface area (Å²) in [7, 11) is 0. The number of rotatable bonds is 9. The molecule has 4 unspecified atom stereocenters. The molecule has 4 atom stereocenters. The highest BCUT2D eigenvalue weighted by Crippen LogP contribution is 2.24. The summed E-state index contributed by atoms with van der Waals surface area (Å²) >= 11 is 0. The van der Waals surface area contributed by atoms with E-state index in [1.54, 1.807) is 43.3 Å². The highest BCUT2D eigenvalue weighted by atomic mass is 19.1. The fourth-order valence-corrected chi connectivity index (χ4v) is 4.80. The lowest BCUT2D eigenvalue weighted by molar-refractivity contribution is -0.146. The molecule has 3 amide bonds. The summed E-state index contributed by atoms with van der Waals surface area (Å²) in [6.45, 7) is 1.15. The molecule has 1 fully saturated rings. The summed E-state index contributed by atoms with van der Waals surface area (Å²) < 4.78 is 28.0. The summed E-state index contributed by atoms with van der Waals surface area (Å²) in [4.78, 5) is 40.5. The van der Waals surface area contributed by atoms with Gasteiger partial charge < -0.3 is 25.7 Å². The number of amides is 3. The van der Waals surface area contributed by atoms with Gasteiger partial charge >= 0.3 is 0 Å². The van der Waals surface area contributed by atoms with E-state index in [0.717, 1.165) is 10.5 Å². The number of hydrogen-bond donors (Lipinski definition) is 4. The molecule has 0 saturated carbocycles. The first-order valence-corrected chi connectivity index (χ1v) is 12.9. The molecule has 0 aromatic heterocycles. The van der Waals surface area contributed by atoms with Crippen LogP contribution in [0.15, 0.2) is 72.8 Å². The quantitative estimate of drug-likeness (QED) is 0.326. The van der Waals surface area contributed by atoms with Gasteiger partial charge in [0.25, 0.3) is 11.8 Å². The second-order valence-corrected chi connectivity index (χ2v) is 9.85. The Balaban J connectivity index is 1.52. The van der Waals surface area contributed by atoms with E-state index < -0.39 is 54.4 Å². The molecule has 3 aromatic carbocycles. The molecule has 40 heavy (non-hydrogen) atoms. The van der Waals surface area contributed by atoms with Gasteiger partial charge in [0.05, 0.1) is 12.6 Å². The van der Waals surface area contributed by atoms with Gasteiger partial charge in [-0.25, -0.2) is 8.78 Å². The molecule has 10 heteroatoms. The van der Waals surface area contributed by atoms with Crippen LogP contribution in [-0.2, 0) is 22.6 Å². The Morgan fingerprint density at radius 3 is 2.45 bits per heavy atom. The molecule has 3 aromatic rings. The van der Waals surface area contributed by atoms with Gasteiger partial charge in [-0.3, -0.25) is 14.4 Å². The number of carbonyl (C=O) groups excluding carboxylic acids is 3. The molecule has 1 saturated heterocycles. The molecule has 0 aliphatic carbocycles. The number of alkyl halides is 1. The van der Waals surface area contributed by atoms with Crippen LogP contribution in [-0.4, -0.2) is 63.7 Å². The van der Waals surface area contributed by atoms with Gasteiger partial charge in [-0.05, 0) is 48.7 Å². The number of carbonyl (C=O) groups is 3. The van der Waals surface area contributed by atoms with Gasteiger partial charge in [0.2, 0.25) is 5.91 Å². The van der Waals surface area contributed by atoms with E-state index in [0.29, 0.717) is 11.1 Å². The van der Waals surface area contributed by atoms with E-state index in [4.69, 9.17) is 0 Å². The highest BCUT2D eigenvalue weighted by molar-refractivity contribution is 5.97. The van der Waals surface area contributed by atoms with E-state index in [1.807, 2.05) is 0 Å². The standard InChI is InChI=1S/C30H31F2N3O5/c1-18-23(11-6-12-26(18)36)28(38)34-24(14-19-7-3-2-4-8-19)27(37)30(40)35-17-22(32)15-25(35)29(39)33-16-20-9-5-10-21(31)13-20/h2-13,22,24-25,27,36-37H,14-17H2,1H3,(H,33,39)(H,34,38). The number of phenols is 1. The molecular formula is C30H31F2N3O5. The topological polar surface area (TPSA) is 119 Å². The predicted octanol–water partition coefficient (Wildman–Crippen LogP) is 2.80. The molecule has 0 bridgehead atoms. The first-order chi connectivity index (χ1) is 19.1. The lowest BCUT2D eigenvalue weighted by atomic mass is 9.98. The third kappa shape index (κ3) is 6.81. The van der Waals surface area contributed by atoms with Gasteiger partial charge in [0.15, 0.2) is 6.10 Å². The molecule has 0 spiro atoms. The minimum atomic E-state index is -1.80. The molecule has 1 heterocycles. The van der Waals surface area contributed by atoms with Crippen LogP contribution in [0.25, 0.3) is 0 Å². The SMILES string of the molecule is Cc1c(O)cccc1C(=O)NC(Cc1ccccc1)C(O)C(=O)N1CC(F)CC1C(=O)NCc1cccc(F)c1. The van der Waals surface area contributed by atoms with Crippen LogP contribution < -0.4 is 10.6 Å². The van der Waals surface area contributed by atoms with Gasteiger partial charge in [-0.2, -0.15) is 0 Å². The van der Waals surface area contributed by atoms with Crippen molar-refractivity contribution in [3.05, 3.63) is 101 Å². The van der Waals surface area contributed by atoms with Gasteiger partial charge in [-0.1, -0.05) is 48.5 Å². The van der Waals surface area contributed by atoms with Crippen molar-refractivity contribution in [3.8, 4) is 5.75 Å². The van der Waals surface area contributed by atoms with E-state index in [2.05, 4.69) is 10.6 Å². The molecule has 4 rings (SSSR count). The Labute approximate surface area is 230 Å². The van der Waals surface area contributed by atoms with E-state index >= 15 is 0 Å². The largest absolute Gasteiger partial charge is 0.508 e. The lowest BCUT2D eigenvalue weighted by Gasteiger charge is -2.30. The fourth-order valence-electron chi connectivity index (χ4n) is 4.80. The number of hydrogen-bond acceptors (Lipinski definition) is 5. The fraction of sp³-hybridized carbons (Fsp3) is 0.300. The Morgan fingerprint density at radius 1 is 1.02 bits per heavy atom. The normalized spacial score (nSPS) is 18.1.